The number of Topliss-reactive ketones (excluding diaryl/α,β-unsaturated/α-hetero) is 1. The highest BCUT2D eigenvalue weighted by atomic mass is 16.1. The summed E-state index contributed by atoms with van der Waals surface area (Å²) in [5.41, 5.74) is 7.98. The van der Waals surface area contributed by atoms with Gasteiger partial charge in [-0.25, -0.2) is 9.97 Å². The Morgan fingerprint density at radius 1 is 1.20 bits per heavy atom. The van der Waals surface area contributed by atoms with Gasteiger partial charge in [0.2, 0.25) is 0 Å². The molecule has 6 heteroatoms. The highest BCUT2D eigenvalue weighted by molar-refractivity contribution is 5.94. The zero-order valence-corrected chi connectivity index (χ0v) is 11.7. The number of ketones is 1. The van der Waals surface area contributed by atoms with Crippen LogP contribution in [0.3, 0.4) is 0 Å². The van der Waals surface area contributed by atoms with Crippen molar-refractivity contribution >= 4 is 28.8 Å². The summed E-state index contributed by atoms with van der Waals surface area (Å²) < 4.78 is 0. The van der Waals surface area contributed by atoms with Crippen LogP contribution in [0.15, 0.2) is 30.6 Å². The van der Waals surface area contributed by atoms with E-state index >= 15 is 0 Å². The lowest BCUT2D eigenvalue weighted by Crippen LogP contribution is -2.14. The topological polar surface area (TPSA) is 84.1 Å². The van der Waals surface area contributed by atoms with E-state index in [1.165, 1.54) is 13.3 Å². The molecule has 1 aromatic heterocycles. The Hall–Kier alpha value is -2.63. The molecule has 1 aromatic carbocycles. The molecule has 0 atom stereocenters. The fraction of sp³-hybridized carbons (Fsp3) is 0.214. The molecule has 3 N–H and O–H groups in total. The minimum Gasteiger partial charge on any atom is -0.393 e. The quantitative estimate of drug-likeness (QED) is 0.828. The van der Waals surface area contributed by atoms with Crippen LogP contribution in [-0.2, 0) is 0 Å². The summed E-state index contributed by atoms with van der Waals surface area (Å²) in [6.07, 6.45) is 1.46. The van der Waals surface area contributed by atoms with Crippen LogP contribution in [0, 0.1) is 0 Å². The van der Waals surface area contributed by atoms with Gasteiger partial charge in [0.25, 0.3) is 0 Å². The lowest BCUT2D eigenvalue weighted by Gasteiger charge is -2.16. The maximum atomic E-state index is 11.2. The molecule has 0 amide bonds. The van der Waals surface area contributed by atoms with Crippen LogP contribution in [0.1, 0.15) is 17.3 Å². The highest BCUT2D eigenvalue weighted by Gasteiger charge is 2.09. The summed E-state index contributed by atoms with van der Waals surface area (Å²) in [5.74, 6) is 1.23. The minimum atomic E-state index is 0.0352. The molecule has 2 rings (SSSR count). The van der Waals surface area contributed by atoms with Gasteiger partial charge in [0.1, 0.15) is 12.0 Å². The van der Waals surface area contributed by atoms with Gasteiger partial charge in [0, 0.05) is 25.3 Å². The van der Waals surface area contributed by atoms with Crippen LogP contribution in [0.5, 0.6) is 0 Å². The van der Waals surface area contributed by atoms with Gasteiger partial charge in [-0.1, -0.05) is 0 Å². The van der Waals surface area contributed by atoms with Crippen molar-refractivity contribution in [2.45, 2.75) is 6.92 Å². The molecular weight excluding hydrogens is 254 g/mol. The molecule has 0 aliphatic heterocycles. The molecule has 104 valence electrons. The second-order valence-corrected chi connectivity index (χ2v) is 4.61. The lowest BCUT2D eigenvalue weighted by molar-refractivity contribution is 0.101. The predicted octanol–water partition coefficient (Wildman–Crippen LogP) is 2.07. The number of nitrogens with two attached hydrogens (primary N) is 1. The highest BCUT2D eigenvalue weighted by Crippen LogP contribution is 2.27. The van der Waals surface area contributed by atoms with Crippen LogP contribution >= 0.6 is 0 Å². The van der Waals surface area contributed by atoms with Gasteiger partial charge in [-0.2, -0.15) is 0 Å². The van der Waals surface area contributed by atoms with E-state index < -0.39 is 0 Å². The maximum absolute atomic E-state index is 11.2. The number of hydrogen-bond donors (Lipinski definition) is 2. The van der Waals surface area contributed by atoms with Crippen molar-refractivity contribution in [1.82, 2.24) is 9.97 Å². The van der Waals surface area contributed by atoms with Gasteiger partial charge >= 0.3 is 0 Å². The third-order valence-corrected chi connectivity index (χ3v) is 2.84. The Morgan fingerprint density at radius 2 is 1.85 bits per heavy atom. The molecular formula is C14H17N5O. The molecule has 0 radical (unpaired) electrons. The summed E-state index contributed by atoms with van der Waals surface area (Å²) in [4.78, 5) is 21.3. The van der Waals surface area contributed by atoms with Crippen LogP contribution in [0.2, 0.25) is 0 Å². The summed E-state index contributed by atoms with van der Waals surface area (Å²) in [5, 5.41) is 3.12. The van der Waals surface area contributed by atoms with Crippen LogP contribution in [-0.4, -0.2) is 29.8 Å². The van der Waals surface area contributed by atoms with E-state index in [-0.39, 0.29) is 5.78 Å². The fourth-order valence-corrected chi connectivity index (χ4v) is 1.77. The third kappa shape index (κ3) is 2.85. The molecule has 0 saturated heterocycles. The Morgan fingerprint density at radius 3 is 2.40 bits per heavy atom. The van der Waals surface area contributed by atoms with E-state index in [9.17, 15) is 4.79 Å². The van der Waals surface area contributed by atoms with Gasteiger partial charge in [-0.15, -0.1) is 0 Å². The number of carbonyl (C=O) groups is 1. The number of anilines is 4. The molecule has 20 heavy (non-hydrogen) atoms. The molecule has 1 heterocycles. The van der Waals surface area contributed by atoms with Crippen molar-refractivity contribution in [2.75, 3.05) is 30.0 Å². The summed E-state index contributed by atoms with van der Waals surface area (Å²) in [6, 6.07) is 7.14. The van der Waals surface area contributed by atoms with E-state index in [2.05, 4.69) is 15.3 Å². The number of benzene rings is 1. The SMILES string of the molecule is CC(=O)c1ccc(Nc2ncnc(N(C)C)c2N)cc1. The Bertz CT molecular complexity index is 622. The van der Waals surface area contributed by atoms with Gasteiger partial charge in [0.05, 0.1) is 0 Å². The number of nitrogen functional groups attached to an aromatic ring is 1. The smallest absolute Gasteiger partial charge is 0.159 e. The number of hydrogen-bond acceptors (Lipinski definition) is 6. The van der Waals surface area contributed by atoms with Crippen molar-refractivity contribution in [3.63, 3.8) is 0 Å². The average molecular weight is 271 g/mol. The number of nitrogens with one attached hydrogen (secondary N) is 1. The number of aromatic nitrogens is 2. The van der Waals surface area contributed by atoms with Gasteiger partial charge in [-0.05, 0) is 31.2 Å². The van der Waals surface area contributed by atoms with E-state index in [1.807, 2.05) is 31.1 Å². The Kier molecular flexibility index (Phi) is 3.84. The zero-order valence-electron chi connectivity index (χ0n) is 11.7. The van der Waals surface area contributed by atoms with Crippen molar-refractivity contribution < 1.29 is 4.79 Å². The second-order valence-electron chi connectivity index (χ2n) is 4.61. The molecule has 0 bridgehead atoms. The van der Waals surface area contributed by atoms with Crippen molar-refractivity contribution in [1.29, 1.82) is 0 Å². The lowest BCUT2D eigenvalue weighted by atomic mass is 10.1. The number of carbonyl (C=O) groups excluding carboxylic acids is 1. The predicted molar refractivity (Wildman–Crippen MR) is 80.5 cm³/mol. The summed E-state index contributed by atoms with van der Waals surface area (Å²) >= 11 is 0. The molecule has 0 aliphatic carbocycles. The van der Waals surface area contributed by atoms with Crippen molar-refractivity contribution in [3.05, 3.63) is 36.2 Å². The molecule has 2 aromatic rings. The molecule has 0 fully saturated rings. The first kappa shape index (κ1) is 13.8. The van der Waals surface area contributed by atoms with Crippen LogP contribution in [0.25, 0.3) is 0 Å². The van der Waals surface area contributed by atoms with Crippen molar-refractivity contribution in [3.8, 4) is 0 Å². The standard InChI is InChI=1S/C14H17N5O/c1-9(20)10-4-6-11(7-5-10)18-13-12(15)14(19(2)3)17-8-16-13/h4-8H,15H2,1-3H3,(H,16,17,18). The van der Waals surface area contributed by atoms with Crippen molar-refractivity contribution in [2.24, 2.45) is 0 Å². The number of nitrogens with zero attached hydrogens (tertiary/aromatic N) is 3. The second kappa shape index (κ2) is 5.56. The van der Waals surface area contributed by atoms with E-state index in [0.717, 1.165) is 5.69 Å². The first-order chi connectivity index (χ1) is 9.49. The summed E-state index contributed by atoms with van der Waals surface area (Å²) in [7, 11) is 3.73. The van der Waals surface area contributed by atoms with Gasteiger partial charge in [0.15, 0.2) is 17.4 Å². The zero-order chi connectivity index (χ0) is 14.7. The normalized spacial score (nSPS) is 10.2. The minimum absolute atomic E-state index is 0.0352. The molecule has 0 spiro atoms. The molecule has 0 aliphatic rings. The molecule has 0 unspecified atom stereocenters. The van der Waals surface area contributed by atoms with Crippen LogP contribution < -0.4 is 16.0 Å². The average Bonchev–Trinajstić information content (AvgIpc) is 2.41. The van der Waals surface area contributed by atoms with Gasteiger partial charge in [-0.3, -0.25) is 4.79 Å². The molecule has 6 nitrogen and oxygen atoms in total. The maximum Gasteiger partial charge on any atom is 0.159 e. The first-order valence-corrected chi connectivity index (χ1v) is 6.15. The Balaban J connectivity index is 2.26. The Labute approximate surface area is 117 Å². The molecule has 0 saturated carbocycles. The first-order valence-electron chi connectivity index (χ1n) is 6.15. The number of rotatable bonds is 4. The van der Waals surface area contributed by atoms with E-state index in [1.54, 1.807) is 12.1 Å². The van der Waals surface area contributed by atoms with E-state index in [4.69, 9.17) is 5.73 Å². The fourth-order valence-electron chi connectivity index (χ4n) is 1.77. The van der Waals surface area contributed by atoms with Crippen LogP contribution in [0.4, 0.5) is 23.0 Å². The monoisotopic (exact) mass is 271 g/mol. The largest absolute Gasteiger partial charge is 0.393 e. The third-order valence-electron chi connectivity index (χ3n) is 2.84. The van der Waals surface area contributed by atoms with E-state index in [0.29, 0.717) is 22.9 Å². The van der Waals surface area contributed by atoms with Gasteiger partial charge < -0.3 is 16.0 Å². The summed E-state index contributed by atoms with van der Waals surface area (Å²) in [6.45, 7) is 1.54.